The topological polar surface area (TPSA) is 49.9 Å². The van der Waals surface area contributed by atoms with Crippen LogP contribution in [0.2, 0.25) is 0 Å². The highest BCUT2D eigenvalue weighted by molar-refractivity contribution is 7.26. The fourth-order valence-electron chi connectivity index (χ4n) is 6.27. The molecule has 0 saturated carbocycles. The zero-order valence-corrected chi connectivity index (χ0v) is 24.4. The predicted molar refractivity (Wildman–Crippen MR) is 184 cm³/mol. The standard InChI is InChI=1S/C39H25N3OS/c1-2-10-25(11-3-1)37-40-38(42-39(41-37)31-16-8-15-29-28-12-5-7-19-34(28)44-36(29)31)26-22-20-24(21-23-26)27-14-9-18-33-35(27)30-13-4-6-17-32(30)43-33/h1-23,37H,(H,40,41,42). The van der Waals surface area contributed by atoms with Crippen molar-refractivity contribution in [3.05, 3.63) is 156 Å². The van der Waals surface area contributed by atoms with Crippen LogP contribution in [-0.2, 0) is 0 Å². The van der Waals surface area contributed by atoms with Crippen LogP contribution in [0.1, 0.15) is 22.9 Å². The van der Waals surface area contributed by atoms with E-state index >= 15 is 0 Å². The summed E-state index contributed by atoms with van der Waals surface area (Å²) in [6.07, 6.45) is -0.256. The molecule has 2 aromatic heterocycles. The molecule has 0 amide bonds. The van der Waals surface area contributed by atoms with E-state index < -0.39 is 0 Å². The predicted octanol–water partition coefficient (Wildman–Crippen LogP) is 10.1. The van der Waals surface area contributed by atoms with Crippen molar-refractivity contribution in [1.82, 2.24) is 5.32 Å². The van der Waals surface area contributed by atoms with Crippen LogP contribution in [0.3, 0.4) is 0 Å². The van der Waals surface area contributed by atoms with Crippen molar-refractivity contribution < 1.29 is 4.42 Å². The minimum absolute atomic E-state index is 0.256. The van der Waals surface area contributed by atoms with Crippen LogP contribution < -0.4 is 5.32 Å². The maximum Gasteiger partial charge on any atom is 0.160 e. The number of hydrogen-bond donors (Lipinski definition) is 1. The highest BCUT2D eigenvalue weighted by Gasteiger charge is 2.23. The van der Waals surface area contributed by atoms with E-state index in [9.17, 15) is 0 Å². The Kier molecular flexibility index (Phi) is 5.71. The second kappa shape index (κ2) is 10.0. The molecule has 1 aliphatic heterocycles. The van der Waals surface area contributed by atoms with Gasteiger partial charge in [-0.25, -0.2) is 9.98 Å². The molecule has 1 unspecified atom stereocenters. The van der Waals surface area contributed by atoms with Gasteiger partial charge < -0.3 is 9.73 Å². The third-order valence-corrected chi connectivity index (χ3v) is 9.59. The molecule has 4 nitrogen and oxygen atoms in total. The molecule has 0 spiro atoms. The Morgan fingerprint density at radius 2 is 1.25 bits per heavy atom. The van der Waals surface area contributed by atoms with E-state index in [2.05, 4.69) is 121 Å². The molecule has 8 aromatic rings. The van der Waals surface area contributed by atoms with Gasteiger partial charge in [0.1, 0.15) is 23.2 Å². The summed E-state index contributed by atoms with van der Waals surface area (Å²) in [5, 5.41) is 8.39. The van der Waals surface area contributed by atoms with Crippen molar-refractivity contribution >= 4 is 65.1 Å². The molecule has 0 aliphatic carbocycles. The number of amidine groups is 2. The summed E-state index contributed by atoms with van der Waals surface area (Å²) in [4.78, 5) is 10.3. The van der Waals surface area contributed by atoms with Gasteiger partial charge in [0, 0.05) is 42.1 Å². The SMILES string of the molecule is c1ccc(C2N=C(c3cccc4c3sc3ccccc34)N=C(c3ccc(-c4cccc5oc6ccccc6c45)cc3)N2)cc1. The van der Waals surface area contributed by atoms with Crippen molar-refractivity contribution in [1.29, 1.82) is 0 Å². The number of rotatable bonds is 4. The van der Waals surface area contributed by atoms with Crippen molar-refractivity contribution in [2.24, 2.45) is 9.98 Å². The van der Waals surface area contributed by atoms with Crippen molar-refractivity contribution in [3.8, 4) is 11.1 Å². The Morgan fingerprint density at radius 1 is 0.568 bits per heavy atom. The van der Waals surface area contributed by atoms with Crippen LogP contribution in [0.5, 0.6) is 0 Å². The molecule has 3 heterocycles. The summed E-state index contributed by atoms with van der Waals surface area (Å²) < 4.78 is 8.63. The molecule has 6 aromatic carbocycles. The number of thiophene rings is 1. The van der Waals surface area contributed by atoms with Crippen LogP contribution in [0.4, 0.5) is 0 Å². The second-order valence-electron chi connectivity index (χ2n) is 11.0. The largest absolute Gasteiger partial charge is 0.456 e. The fraction of sp³-hybridized carbons (Fsp3) is 0.0256. The summed E-state index contributed by atoms with van der Waals surface area (Å²) in [6, 6.07) is 48.5. The Bertz CT molecular complexity index is 2420. The molecule has 208 valence electrons. The highest BCUT2D eigenvalue weighted by Crippen LogP contribution is 2.38. The van der Waals surface area contributed by atoms with Crippen molar-refractivity contribution in [2.75, 3.05) is 0 Å². The van der Waals surface area contributed by atoms with E-state index in [4.69, 9.17) is 14.4 Å². The summed E-state index contributed by atoms with van der Waals surface area (Å²) in [7, 11) is 0. The van der Waals surface area contributed by atoms with Crippen molar-refractivity contribution in [3.63, 3.8) is 0 Å². The maximum atomic E-state index is 6.15. The zero-order chi connectivity index (χ0) is 29.0. The van der Waals surface area contributed by atoms with Crippen LogP contribution in [0.25, 0.3) is 53.2 Å². The molecule has 1 atom stereocenters. The molecular formula is C39H25N3OS. The number of benzene rings is 6. The van der Waals surface area contributed by atoms with E-state index in [1.165, 1.54) is 20.2 Å². The molecule has 0 bridgehead atoms. The third-order valence-electron chi connectivity index (χ3n) is 8.37. The van der Waals surface area contributed by atoms with Gasteiger partial charge in [0.25, 0.3) is 0 Å². The Hall–Kier alpha value is -5.52. The lowest BCUT2D eigenvalue weighted by Crippen LogP contribution is -2.33. The van der Waals surface area contributed by atoms with E-state index in [0.717, 1.165) is 61.4 Å². The Balaban J connectivity index is 1.16. The number of nitrogens with one attached hydrogen (secondary N) is 1. The molecular weight excluding hydrogens is 559 g/mol. The van der Waals surface area contributed by atoms with Crippen LogP contribution in [-0.4, -0.2) is 11.7 Å². The Morgan fingerprint density at radius 3 is 2.14 bits per heavy atom. The van der Waals surface area contributed by atoms with Gasteiger partial charge >= 0.3 is 0 Å². The smallest absolute Gasteiger partial charge is 0.160 e. The number of furan rings is 1. The number of aliphatic imine (C=N–C) groups is 2. The maximum absolute atomic E-state index is 6.15. The summed E-state index contributed by atoms with van der Waals surface area (Å²) >= 11 is 1.80. The van der Waals surface area contributed by atoms with Gasteiger partial charge in [-0.05, 0) is 41.0 Å². The highest BCUT2D eigenvalue weighted by atomic mass is 32.1. The number of hydrogen-bond acceptors (Lipinski definition) is 5. The van der Waals surface area contributed by atoms with Gasteiger partial charge in [0.2, 0.25) is 0 Å². The molecule has 1 N–H and O–H groups in total. The van der Waals surface area contributed by atoms with Gasteiger partial charge in [-0.2, -0.15) is 0 Å². The molecule has 44 heavy (non-hydrogen) atoms. The van der Waals surface area contributed by atoms with E-state index in [1.807, 2.05) is 24.3 Å². The first kappa shape index (κ1) is 25.0. The minimum Gasteiger partial charge on any atom is -0.456 e. The first-order chi connectivity index (χ1) is 21.8. The van der Waals surface area contributed by atoms with Crippen LogP contribution in [0, 0.1) is 0 Å². The molecule has 1 aliphatic rings. The molecule has 0 saturated heterocycles. The van der Waals surface area contributed by atoms with Gasteiger partial charge in [-0.1, -0.05) is 115 Å². The lowest BCUT2D eigenvalue weighted by Gasteiger charge is -2.24. The number of fused-ring (bicyclic) bond motifs is 6. The first-order valence-electron chi connectivity index (χ1n) is 14.7. The fourth-order valence-corrected chi connectivity index (χ4v) is 7.48. The lowest BCUT2D eigenvalue weighted by atomic mass is 9.98. The van der Waals surface area contributed by atoms with Gasteiger partial charge in [-0.3, -0.25) is 0 Å². The minimum atomic E-state index is -0.256. The average Bonchev–Trinajstić information content (AvgIpc) is 3.67. The van der Waals surface area contributed by atoms with Gasteiger partial charge in [0.15, 0.2) is 5.84 Å². The molecule has 9 rings (SSSR count). The number of para-hydroxylation sites is 1. The summed E-state index contributed by atoms with van der Waals surface area (Å²) in [5.41, 5.74) is 7.24. The number of nitrogens with zero attached hydrogens (tertiary/aromatic N) is 2. The monoisotopic (exact) mass is 583 g/mol. The van der Waals surface area contributed by atoms with E-state index in [1.54, 1.807) is 11.3 Å². The van der Waals surface area contributed by atoms with Gasteiger partial charge in [0.05, 0.1) is 0 Å². The average molecular weight is 584 g/mol. The normalized spacial score (nSPS) is 15.0. The lowest BCUT2D eigenvalue weighted by molar-refractivity contribution is 0.669. The van der Waals surface area contributed by atoms with Crippen molar-refractivity contribution in [2.45, 2.75) is 6.17 Å². The van der Waals surface area contributed by atoms with E-state index in [0.29, 0.717) is 0 Å². The third kappa shape index (κ3) is 4.05. The molecule has 0 radical (unpaired) electrons. The van der Waals surface area contributed by atoms with E-state index in [-0.39, 0.29) is 6.17 Å². The second-order valence-corrected chi connectivity index (χ2v) is 12.1. The van der Waals surface area contributed by atoms with Gasteiger partial charge in [-0.15, -0.1) is 11.3 Å². The first-order valence-corrected chi connectivity index (χ1v) is 15.5. The quantitative estimate of drug-likeness (QED) is 0.224. The van der Waals surface area contributed by atoms with Crippen LogP contribution >= 0.6 is 11.3 Å². The summed E-state index contributed by atoms with van der Waals surface area (Å²) in [5.74, 6) is 1.55. The van der Waals surface area contributed by atoms with Crippen LogP contribution in [0.15, 0.2) is 154 Å². The Labute approximate surface area is 257 Å². The molecule has 5 heteroatoms. The molecule has 0 fully saturated rings. The summed E-state index contributed by atoms with van der Waals surface area (Å²) in [6.45, 7) is 0. The zero-order valence-electron chi connectivity index (χ0n) is 23.6.